The van der Waals surface area contributed by atoms with Crippen molar-refractivity contribution in [2.45, 2.75) is 12.3 Å². The lowest BCUT2D eigenvalue weighted by Gasteiger charge is -2.47. The van der Waals surface area contributed by atoms with Crippen molar-refractivity contribution in [2.75, 3.05) is 40.3 Å². The third-order valence-electron chi connectivity index (χ3n) is 2.88. The molecule has 0 aromatic rings. The summed E-state index contributed by atoms with van der Waals surface area (Å²) in [6.07, 6.45) is 0.995. The van der Waals surface area contributed by atoms with Crippen molar-refractivity contribution in [2.24, 2.45) is 0 Å². The first-order valence-corrected chi connectivity index (χ1v) is 4.66. The Hall–Kier alpha value is -0.160. The van der Waals surface area contributed by atoms with Crippen LogP contribution in [0, 0.1) is 0 Å². The first kappa shape index (κ1) is 8.44. The Balaban J connectivity index is 2.05. The third-order valence-corrected chi connectivity index (χ3v) is 2.88. The van der Waals surface area contributed by atoms with Crippen LogP contribution in [0.25, 0.3) is 0 Å². The second-order valence-corrected chi connectivity index (χ2v) is 3.76. The molecule has 2 fully saturated rings. The summed E-state index contributed by atoms with van der Waals surface area (Å²) in [6, 6.07) is 0. The molecule has 0 aromatic carbocycles. The lowest BCUT2D eigenvalue weighted by atomic mass is 10.2. The molecule has 0 amide bonds. The number of rotatable bonds is 0. The Morgan fingerprint density at radius 1 is 0.917 bits per heavy atom. The van der Waals surface area contributed by atoms with E-state index in [0.717, 1.165) is 26.2 Å². The molecule has 0 unspecified atom stereocenters. The molecule has 0 bridgehead atoms. The zero-order valence-corrected chi connectivity index (χ0v) is 7.88. The Kier molecular flexibility index (Phi) is 2.32. The number of hydrogen-bond acceptors (Lipinski definition) is 4. The van der Waals surface area contributed by atoms with Crippen LogP contribution in [0.15, 0.2) is 0 Å². The summed E-state index contributed by atoms with van der Waals surface area (Å²) < 4.78 is 0. The van der Waals surface area contributed by atoms with Gasteiger partial charge in [0.05, 0.1) is 12.3 Å². The minimum atomic E-state index is 0.498. The molecule has 0 spiro atoms. The monoisotopic (exact) mass is 170 g/mol. The van der Waals surface area contributed by atoms with Crippen molar-refractivity contribution in [1.82, 2.24) is 20.4 Å². The highest BCUT2D eigenvalue weighted by molar-refractivity contribution is 4.88. The molecule has 0 aliphatic carbocycles. The van der Waals surface area contributed by atoms with E-state index in [0.29, 0.717) is 12.3 Å². The fourth-order valence-electron chi connectivity index (χ4n) is 2.07. The second kappa shape index (κ2) is 3.30. The predicted octanol–water partition coefficient (Wildman–Crippen LogP) is -1.29. The molecule has 0 aromatic heterocycles. The number of hydrogen-bond donors (Lipinski definition) is 2. The molecular weight excluding hydrogens is 152 g/mol. The van der Waals surface area contributed by atoms with Gasteiger partial charge in [0.25, 0.3) is 0 Å². The number of likely N-dealkylation sites (N-methyl/N-ethyl adjacent to an activating group) is 2. The van der Waals surface area contributed by atoms with Crippen LogP contribution in [0.5, 0.6) is 0 Å². The van der Waals surface area contributed by atoms with Crippen LogP contribution in [-0.2, 0) is 0 Å². The van der Waals surface area contributed by atoms with Crippen LogP contribution in [0.1, 0.15) is 0 Å². The van der Waals surface area contributed by atoms with Gasteiger partial charge < -0.3 is 0 Å². The molecule has 2 atom stereocenters. The van der Waals surface area contributed by atoms with Gasteiger partial charge in [0.15, 0.2) is 0 Å². The quantitative estimate of drug-likeness (QED) is 0.473. The maximum atomic E-state index is 3.52. The zero-order chi connectivity index (χ0) is 8.55. The van der Waals surface area contributed by atoms with Crippen LogP contribution >= 0.6 is 0 Å². The highest BCUT2D eigenvalue weighted by Gasteiger charge is 2.33. The smallest absolute Gasteiger partial charge is 0.0892 e. The molecule has 2 saturated heterocycles. The first-order valence-electron chi connectivity index (χ1n) is 4.66. The molecule has 0 radical (unpaired) electrons. The minimum absolute atomic E-state index is 0.498. The molecule has 2 N–H and O–H groups in total. The van der Waals surface area contributed by atoms with Crippen LogP contribution in [0.4, 0.5) is 0 Å². The summed E-state index contributed by atoms with van der Waals surface area (Å²) in [5.74, 6) is 0. The average Bonchev–Trinajstić information content (AvgIpc) is 2.07. The highest BCUT2D eigenvalue weighted by atomic mass is 15.4. The van der Waals surface area contributed by atoms with Gasteiger partial charge in [-0.05, 0) is 14.1 Å². The molecule has 2 heterocycles. The molecule has 4 nitrogen and oxygen atoms in total. The number of nitrogens with zero attached hydrogens (tertiary/aromatic N) is 2. The van der Waals surface area contributed by atoms with E-state index in [9.17, 15) is 0 Å². The summed E-state index contributed by atoms with van der Waals surface area (Å²) in [4.78, 5) is 4.77. The summed E-state index contributed by atoms with van der Waals surface area (Å²) in [5, 5.41) is 7.05. The predicted molar refractivity (Wildman–Crippen MR) is 48.8 cm³/mol. The lowest BCUT2D eigenvalue weighted by Crippen LogP contribution is -2.71. The van der Waals surface area contributed by atoms with Crippen molar-refractivity contribution in [3.05, 3.63) is 0 Å². The van der Waals surface area contributed by atoms with E-state index >= 15 is 0 Å². The topological polar surface area (TPSA) is 30.5 Å². The molecule has 2 aliphatic heterocycles. The van der Waals surface area contributed by atoms with Gasteiger partial charge >= 0.3 is 0 Å². The normalized spacial score (nSPS) is 39.5. The molecule has 70 valence electrons. The lowest BCUT2D eigenvalue weighted by molar-refractivity contribution is 0.0109. The van der Waals surface area contributed by atoms with Crippen molar-refractivity contribution < 1.29 is 0 Å². The second-order valence-electron chi connectivity index (χ2n) is 3.76. The summed E-state index contributed by atoms with van der Waals surface area (Å²) in [7, 11) is 4.37. The first-order chi connectivity index (χ1) is 5.79. The largest absolute Gasteiger partial charge is 0.298 e. The van der Waals surface area contributed by atoms with Gasteiger partial charge in [0.1, 0.15) is 0 Å². The van der Waals surface area contributed by atoms with Gasteiger partial charge in [-0.25, -0.2) is 0 Å². The number of piperazine rings is 2. The van der Waals surface area contributed by atoms with E-state index in [-0.39, 0.29) is 0 Å². The van der Waals surface area contributed by atoms with Crippen molar-refractivity contribution in [1.29, 1.82) is 0 Å². The minimum Gasteiger partial charge on any atom is -0.298 e. The van der Waals surface area contributed by atoms with Gasteiger partial charge in [-0.3, -0.25) is 20.4 Å². The SMILES string of the molecule is CN1CCN[C@@H]2[C@H]1NCCN2C. The number of fused-ring (bicyclic) bond motifs is 1. The van der Waals surface area contributed by atoms with Crippen LogP contribution < -0.4 is 10.6 Å². The van der Waals surface area contributed by atoms with Gasteiger partial charge in [-0.1, -0.05) is 0 Å². The Morgan fingerprint density at radius 3 is 1.75 bits per heavy atom. The molecular formula is C8H18N4. The van der Waals surface area contributed by atoms with E-state index in [2.05, 4.69) is 34.5 Å². The summed E-state index contributed by atoms with van der Waals surface area (Å²) in [5.41, 5.74) is 0. The molecule has 4 heteroatoms. The Morgan fingerprint density at radius 2 is 1.33 bits per heavy atom. The van der Waals surface area contributed by atoms with Gasteiger partial charge in [-0.2, -0.15) is 0 Å². The Bertz CT molecular complexity index is 143. The maximum Gasteiger partial charge on any atom is 0.0892 e. The standard InChI is InChI=1S/C8H18N4/c1-11-5-3-10-8-7(11)9-4-6-12(8)2/h7-10H,3-6H2,1-2H3/t7-,8-/m0/s1. The molecule has 0 saturated carbocycles. The highest BCUT2D eigenvalue weighted by Crippen LogP contribution is 2.10. The van der Waals surface area contributed by atoms with Gasteiger partial charge in [-0.15, -0.1) is 0 Å². The molecule has 2 rings (SSSR count). The average molecular weight is 170 g/mol. The van der Waals surface area contributed by atoms with E-state index in [4.69, 9.17) is 0 Å². The zero-order valence-electron chi connectivity index (χ0n) is 7.88. The van der Waals surface area contributed by atoms with E-state index in [1.807, 2.05) is 0 Å². The van der Waals surface area contributed by atoms with E-state index in [1.165, 1.54) is 0 Å². The fourth-order valence-corrected chi connectivity index (χ4v) is 2.07. The van der Waals surface area contributed by atoms with Crippen LogP contribution in [0.3, 0.4) is 0 Å². The Labute approximate surface area is 73.9 Å². The number of nitrogens with one attached hydrogen (secondary N) is 2. The molecule has 12 heavy (non-hydrogen) atoms. The third kappa shape index (κ3) is 1.35. The molecule has 2 aliphatic rings. The van der Waals surface area contributed by atoms with E-state index in [1.54, 1.807) is 0 Å². The van der Waals surface area contributed by atoms with Gasteiger partial charge in [0, 0.05) is 26.2 Å². The van der Waals surface area contributed by atoms with Crippen molar-refractivity contribution in [3.8, 4) is 0 Å². The van der Waals surface area contributed by atoms with Gasteiger partial charge in [0.2, 0.25) is 0 Å². The maximum absolute atomic E-state index is 3.52. The van der Waals surface area contributed by atoms with Crippen LogP contribution in [-0.4, -0.2) is 62.4 Å². The van der Waals surface area contributed by atoms with Crippen molar-refractivity contribution in [3.63, 3.8) is 0 Å². The fraction of sp³-hybridized carbons (Fsp3) is 1.00. The van der Waals surface area contributed by atoms with Crippen LogP contribution in [0.2, 0.25) is 0 Å². The van der Waals surface area contributed by atoms with Crippen molar-refractivity contribution >= 4 is 0 Å². The summed E-state index contributed by atoms with van der Waals surface area (Å²) in [6.45, 7) is 4.48. The summed E-state index contributed by atoms with van der Waals surface area (Å²) >= 11 is 0. The van der Waals surface area contributed by atoms with E-state index < -0.39 is 0 Å².